The van der Waals surface area contributed by atoms with E-state index in [-0.39, 0.29) is 29.1 Å². The molecular weight excluding hydrogens is 344 g/mol. The fraction of sp³-hybridized carbons (Fsp3) is 0.474. The maximum absolute atomic E-state index is 9.05. The zero-order chi connectivity index (χ0) is 18.9. The highest BCUT2D eigenvalue weighted by atomic mass is 16.5. The van der Waals surface area contributed by atoms with Crippen LogP contribution in [0.2, 0.25) is 0 Å². The lowest BCUT2D eigenvalue weighted by atomic mass is 9.79. The van der Waals surface area contributed by atoms with Crippen LogP contribution in [0.4, 0.5) is 11.8 Å². The lowest BCUT2D eigenvalue weighted by Crippen LogP contribution is -2.52. The van der Waals surface area contributed by atoms with E-state index in [9.17, 15) is 0 Å². The van der Waals surface area contributed by atoms with Crippen LogP contribution in [-0.2, 0) is 4.74 Å². The number of anilines is 2. The van der Waals surface area contributed by atoms with Gasteiger partial charge in [-0.05, 0) is 25.3 Å². The minimum Gasteiger partial charge on any atom is -0.474 e. The zero-order valence-electron chi connectivity index (χ0n) is 15.2. The molecule has 2 aromatic rings. The van der Waals surface area contributed by atoms with Gasteiger partial charge in [0.15, 0.2) is 0 Å². The number of rotatable bonds is 4. The molecule has 0 amide bonds. The molecule has 27 heavy (non-hydrogen) atoms. The fourth-order valence-electron chi connectivity index (χ4n) is 4.21. The van der Waals surface area contributed by atoms with Gasteiger partial charge in [0.05, 0.1) is 17.8 Å². The van der Waals surface area contributed by atoms with Crippen LogP contribution in [0.25, 0.3) is 0 Å². The summed E-state index contributed by atoms with van der Waals surface area (Å²) in [7, 11) is 1.77. The van der Waals surface area contributed by atoms with Gasteiger partial charge in [-0.15, -0.1) is 0 Å². The second-order valence-corrected chi connectivity index (χ2v) is 6.99. The van der Waals surface area contributed by atoms with Crippen LogP contribution >= 0.6 is 0 Å². The van der Waals surface area contributed by atoms with Gasteiger partial charge < -0.3 is 20.1 Å². The Labute approximate surface area is 158 Å². The largest absolute Gasteiger partial charge is 0.474 e. The molecule has 0 aromatic carbocycles. The summed E-state index contributed by atoms with van der Waals surface area (Å²) in [4.78, 5) is 15.1. The van der Waals surface area contributed by atoms with E-state index < -0.39 is 0 Å². The number of nitrogens with zero attached hydrogens (tertiary/aromatic N) is 5. The number of fused-ring (bicyclic) bond motifs is 1. The van der Waals surface area contributed by atoms with Crippen molar-refractivity contribution in [2.24, 2.45) is 0 Å². The van der Waals surface area contributed by atoms with Crippen molar-refractivity contribution in [3.05, 3.63) is 36.2 Å². The minimum atomic E-state index is -0.240. The Hall–Kier alpha value is -2.92. The molecule has 0 radical (unpaired) electrons. The lowest BCUT2D eigenvalue weighted by molar-refractivity contribution is -0.0608. The van der Waals surface area contributed by atoms with E-state index in [1.807, 2.05) is 24.3 Å². The molecule has 4 rings (SSSR count). The molecule has 8 nitrogen and oxygen atoms in total. The number of nitrogen functional groups attached to an aromatic ring is 1. The predicted octanol–water partition coefficient (Wildman–Crippen LogP) is 1.92. The van der Waals surface area contributed by atoms with Gasteiger partial charge in [-0.25, -0.2) is 9.97 Å². The first kappa shape index (κ1) is 17.5. The molecule has 1 saturated heterocycles. The molecule has 2 fully saturated rings. The lowest BCUT2D eigenvalue weighted by Gasteiger charge is -2.43. The van der Waals surface area contributed by atoms with Crippen LogP contribution in [0.5, 0.6) is 5.88 Å². The van der Waals surface area contributed by atoms with Gasteiger partial charge in [0.25, 0.3) is 0 Å². The van der Waals surface area contributed by atoms with E-state index in [1.165, 1.54) is 6.20 Å². The Morgan fingerprint density at radius 1 is 1.33 bits per heavy atom. The highest BCUT2D eigenvalue weighted by Gasteiger charge is 2.52. The molecule has 2 aromatic heterocycles. The molecule has 0 unspecified atom stereocenters. The van der Waals surface area contributed by atoms with Gasteiger partial charge in [-0.3, -0.25) is 0 Å². The van der Waals surface area contributed by atoms with Crippen LogP contribution in [0.3, 0.4) is 0 Å². The van der Waals surface area contributed by atoms with E-state index in [1.54, 1.807) is 13.3 Å². The quantitative estimate of drug-likeness (QED) is 0.874. The van der Waals surface area contributed by atoms with Crippen LogP contribution in [0.15, 0.2) is 30.6 Å². The highest BCUT2D eigenvalue weighted by Crippen LogP contribution is 2.44. The summed E-state index contributed by atoms with van der Waals surface area (Å²) in [6, 6.07) is 7.74. The second-order valence-electron chi connectivity index (χ2n) is 6.99. The van der Waals surface area contributed by atoms with Gasteiger partial charge in [-0.2, -0.15) is 10.2 Å². The van der Waals surface area contributed by atoms with Crippen molar-refractivity contribution < 1.29 is 9.47 Å². The molecule has 0 bridgehead atoms. The number of pyridine rings is 1. The summed E-state index contributed by atoms with van der Waals surface area (Å²) in [6.45, 7) is 0.778. The summed E-state index contributed by atoms with van der Waals surface area (Å²) >= 11 is 0. The molecule has 1 saturated carbocycles. The second kappa shape index (κ2) is 7.00. The number of nitrogens with two attached hydrogens (primary N) is 1. The summed E-state index contributed by atoms with van der Waals surface area (Å²) in [5.41, 5.74) is 5.95. The third kappa shape index (κ3) is 3.15. The van der Waals surface area contributed by atoms with Crippen LogP contribution in [0.1, 0.15) is 31.2 Å². The summed E-state index contributed by atoms with van der Waals surface area (Å²) in [5.74, 6) is 1.37. The van der Waals surface area contributed by atoms with Crippen molar-refractivity contribution in [1.82, 2.24) is 15.0 Å². The van der Waals surface area contributed by atoms with E-state index >= 15 is 0 Å². The van der Waals surface area contributed by atoms with Crippen LogP contribution in [0, 0.1) is 11.3 Å². The fourth-order valence-corrected chi connectivity index (χ4v) is 4.21. The van der Waals surface area contributed by atoms with Crippen LogP contribution < -0.4 is 15.4 Å². The third-order valence-electron chi connectivity index (χ3n) is 5.65. The molecule has 2 aliphatic rings. The molecule has 2 N–H and O–H groups in total. The molecular formula is C19H22N6O2. The van der Waals surface area contributed by atoms with E-state index in [4.69, 9.17) is 20.5 Å². The number of aromatic nitrogens is 3. The molecule has 3 atom stereocenters. The van der Waals surface area contributed by atoms with Gasteiger partial charge in [0.1, 0.15) is 23.6 Å². The molecule has 1 aliphatic carbocycles. The average molecular weight is 366 g/mol. The molecule has 3 heterocycles. The maximum atomic E-state index is 9.05. The first-order valence-electron chi connectivity index (χ1n) is 9.07. The maximum Gasteiger partial charge on any atom is 0.227 e. The molecule has 8 heteroatoms. The first-order valence-corrected chi connectivity index (χ1v) is 9.07. The van der Waals surface area contributed by atoms with Crippen molar-refractivity contribution >= 4 is 11.8 Å². The third-order valence-corrected chi connectivity index (χ3v) is 5.65. The summed E-state index contributed by atoms with van der Waals surface area (Å²) in [5, 5.41) is 9.05. The smallest absolute Gasteiger partial charge is 0.227 e. The molecule has 0 spiro atoms. The minimum absolute atomic E-state index is 0.0458. The summed E-state index contributed by atoms with van der Waals surface area (Å²) in [6.07, 6.45) is 6.74. The van der Waals surface area contributed by atoms with Crippen molar-refractivity contribution in [3.63, 3.8) is 0 Å². The number of hydrogen-bond donors (Lipinski definition) is 1. The Bertz CT molecular complexity index is 855. The normalized spacial score (nSPS) is 27.0. The van der Waals surface area contributed by atoms with Crippen molar-refractivity contribution in [1.29, 1.82) is 5.26 Å². The molecule has 140 valence electrons. The number of hydrogen-bond acceptors (Lipinski definition) is 8. The Morgan fingerprint density at radius 3 is 2.93 bits per heavy atom. The number of methoxy groups -OCH3 is 1. The average Bonchev–Trinajstić information content (AvgIpc) is 3.08. The summed E-state index contributed by atoms with van der Waals surface area (Å²) < 4.78 is 12.1. The van der Waals surface area contributed by atoms with E-state index in [0.29, 0.717) is 11.8 Å². The standard InChI is InChI=1S/C19H22N6O2/c1-26-19-6-5-14(27-16-4-2-3-8-22-16)10-15(19)25(9-7-19)18-23-12-13(11-20)17(21)24-18/h2-4,8,12,14-15H,5-7,9-10H2,1H3,(H2,21,23,24)/t14-,15+,19-/m1/s1. The molecule has 1 aliphatic heterocycles. The van der Waals surface area contributed by atoms with Gasteiger partial charge >= 0.3 is 0 Å². The van der Waals surface area contributed by atoms with E-state index in [0.717, 1.165) is 32.2 Å². The number of ether oxygens (including phenoxy) is 2. The van der Waals surface area contributed by atoms with E-state index in [2.05, 4.69) is 19.9 Å². The Morgan fingerprint density at radius 2 is 2.22 bits per heavy atom. The van der Waals surface area contributed by atoms with Crippen molar-refractivity contribution in [2.45, 2.75) is 43.4 Å². The van der Waals surface area contributed by atoms with Gasteiger partial charge in [0.2, 0.25) is 11.8 Å². The topological polar surface area (TPSA) is 110 Å². The number of nitriles is 1. The van der Waals surface area contributed by atoms with Crippen molar-refractivity contribution in [3.8, 4) is 11.9 Å². The zero-order valence-corrected chi connectivity index (χ0v) is 15.2. The van der Waals surface area contributed by atoms with Crippen LogP contribution in [-0.4, -0.2) is 46.4 Å². The monoisotopic (exact) mass is 366 g/mol. The van der Waals surface area contributed by atoms with Gasteiger partial charge in [0, 0.05) is 32.3 Å². The Balaban J connectivity index is 1.58. The van der Waals surface area contributed by atoms with Crippen molar-refractivity contribution in [2.75, 3.05) is 24.3 Å². The Kier molecular flexibility index (Phi) is 4.54. The first-order chi connectivity index (χ1) is 13.1. The highest BCUT2D eigenvalue weighted by molar-refractivity contribution is 5.51. The van der Waals surface area contributed by atoms with Gasteiger partial charge in [-0.1, -0.05) is 6.07 Å². The predicted molar refractivity (Wildman–Crippen MR) is 99.2 cm³/mol. The SMILES string of the molecule is CO[C@@]12CC[C@@H](Oc3ccccn3)C[C@@H]1N(c1ncc(C#N)c(N)n1)CC2.